The van der Waals surface area contributed by atoms with E-state index in [1.165, 1.54) is 19.2 Å². The lowest BCUT2D eigenvalue weighted by Gasteiger charge is -2.22. The van der Waals surface area contributed by atoms with Crippen molar-refractivity contribution < 1.29 is 13.9 Å². The summed E-state index contributed by atoms with van der Waals surface area (Å²) in [5.74, 6) is -0.559. The second-order valence-corrected chi connectivity index (χ2v) is 4.98. The van der Waals surface area contributed by atoms with Crippen LogP contribution in [0.5, 0.6) is 0 Å². The van der Waals surface area contributed by atoms with Gasteiger partial charge in [-0.05, 0) is 29.7 Å². The third kappa shape index (κ3) is 4.80. The molecular formula is C14H19ClFNO2. The number of ether oxygens (including phenoxy) is 1. The van der Waals surface area contributed by atoms with Gasteiger partial charge in [-0.15, -0.1) is 0 Å². The fourth-order valence-electron chi connectivity index (χ4n) is 1.82. The number of nitrogens with one attached hydrogen (secondary N) is 1. The minimum Gasteiger partial charge on any atom is -0.468 e. The van der Waals surface area contributed by atoms with E-state index in [2.05, 4.69) is 5.32 Å². The maximum atomic E-state index is 13.2. The van der Waals surface area contributed by atoms with Crippen LogP contribution >= 0.6 is 11.6 Å². The summed E-state index contributed by atoms with van der Waals surface area (Å²) in [4.78, 5) is 11.7. The van der Waals surface area contributed by atoms with Gasteiger partial charge in [0.15, 0.2) is 0 Å². The summed E-state index contributed by atoms with van der Waals surface area (Å²) in [5, 5.41) is 3.43. The Morgan fingerprint density at radius 1 is 1.47 bits per heavy atom. The van der Waals surface area contributed by atoms with Crippen LogP contribution in [0.1, 0.15) is 25.8 Å². The number of halogens is 2. The lowest BCUT2D eigenvalue weighted by atomic mass is 9.99. The van der Waals surface area contributed by atoms with E-state index in [9.17, 15) is 9.18 Å². The molecule has 2 unspecified atom stereocenters. The zero-order chi connectivity index (χ0) is 14.4. The molecule has 0 saturated carbocycles. The Morgan fingerprint density at radius 3 is 2.68 bits per heavy atom. The van der Waals surface area contributed by atoms with Crippen LogP contribution in [-0.2, 0) is 16.1 Å². The molecule has 1 N–H and O–H groups in total. The first-order chi connectivity index (χ1) is 8.97. The van der Waals surface area contributed by atoms with E-state index in [4.69, 9.17) is 16.3 Å². The Hall–Kier alpha value is -1.13. The summed E-state index contributed by atoms with van der Waals surface area (Å²) in [6.45, 7) is 4.33. The highest BCUT2D eigenvalue weighted by molar-refractivity contribution is 6.30. The minimum absolute atomic E-state index is 0.136. The Kier molecular flexibility index (Phi) is 6.25. The molecule has 5 heteroatoms. The molecule has 19 heavy (non-hydrogen) atoms. The number of methoxy groups -OCH3 is 1. The molecular weight excluding hydrogens is 269 g/mol. The molecule has 1 aromatic rings. The smallest absolute Gasteiger partial charge is 0.323 e. The number of hydrogen-bond acceptors (Lipinski definition) is 3. The Balaban J connectivity index is 2.72. The lowest BCUT2D eigenvalue weighted by molar-refractivity contribution is -0.144. The van der Waals surface area contributed by atoms with Gasteiger partial charge in [0.25, 0.3) is 0 Å². The molecule has 2 atom stereocenters. The Labute approximate surface area is 118 Å². The third-order valence-electron chi connectivity index (χ3n) is 3.12. The van der Waals surface area contributed by atoms with Gasteiger partial charge in [-0.1, -0.05) is 31.9 Å². The average molecular weight is 288 g/mol. The van der Waals surface area contributed by atoms with E-state index in [-0.39, 0.29) is 17.7 Å². The van der Waals surface area contributed by atoms with Crippen LogP contribution in [0.4, 0.5) is 4.39 Å². The number of benzene rings is 1. The fourth-order valence-corrected chi connectivity index (χ4v) is 2.06. The Morgan fingerprint density at radius 2 is 2.16 bits per heavy atom. The lowest BCUT2D eigenvalue weighted by Crippen LogP contribution is -2.42. The number of esters is 1. The SMILES string of the molecule is CCC(C)C(NCc1cc(F)cc(Cl)c1)C(=O)OC. The molecule has 0 aliphatic rings. The topological polar surface area (TPSA) is 38.3 Å². The van der Waals surface area contributed by atoms with Crippen LogP contribution in [0.2, 0.25) is 5.02 Å². The average Bonchev–Trinajstić information content (AvgIpc) is 2.37. The van der Waals surface area contributed by atoms with Crippen LogP contribution in [0.3, 0.4) is 0 Å². The molecule has 0 radical (unpaired) electrons. The molecule has 106 valence electrons. The molecule has 0 fully saturated rings. The fraction of sp³-hybridized carbons (Fsp3) is 0.500. The zero-order valence-corrected chi connectivity index (χ0v) is 12.1. The zero-order valence-electron chi connectivity index (χ0n) is 11.4. The molecule has 0 bridgehead atoms. The van der Waals surface area contributed by atoms with Crippen LogP contribution in [0, 0.1) is 11.7 Å². The van der Waals surface area contributed by atoms with E-state index in [0.29, 0.717) is 17.1 Å². The summed E-state index contributed by atoms with van der Waals surface area (Å²) in [6, 6.07) is 3.90. The summed E-state index contributed by atoms with van der Waals surface area (Å²) in [7, 11) is 1.36. The quantitative estimate of drug-likeness (QED) is 0.817. The van der Waals surface area contributed by atoms with Crippen molar-refractivity contribution in [2.75, 3.05) is 7.11 Å². The van der Waals surface area contributed by atoms with Gasteiger partial charge in [0.05, 0.1) is 7.11 Å². The second kappa shape index (κ2) is 7.46. The van der Waals surface area contributed by atoms with Crippen molar-refractivity contribution in [3.8, 4) is 0 Å². The number of rotatable bonds is 6. The molecule has 0 spiro atoms. The first-order valence-electron chi connectivity index (χ1n) is 6.24. The van der Waals surface area contributed by atoms with Crippen LogP contribution in [0.15, 0.2) is 18.2 Å². The molecule has 1 aromatic carbocycles. The molecule has 0 saturated heterocycles. The number of carbonyl (C=O) groups is 1. The predicted octanol–water partition coefficient (Wildman–Crippen LogP) is 3.16. The van der Waals surface area contributed by atoms with Gasteiger partial charge in [-0.3, -0.25) is 4.79 Å². The molecule has 0 aromatic heterocycles. The molecule has 1 rings (SSSR count). The molecule has 3 nitrogen and oxygen atoms in total. The van der Waals surface area contributed by atoms with E-state index in [1.54, 1.807) is 6.07 Å². The van der Waals surface area contributed by atoms with Gasteiger partial charge in [0.1, 0.15) is 11.9 Å². The van der Waals surface area contributed by atoms with Gasteiger partial charge < -0.3 is 10.1 Å². The molecule has 0 aliphatic heterocycles. The summed E-state index contributed by atoms with van der Waals surface area (Å²) in [6.07, 6.45) is 0.844. The van der Waals surface area contributed by atoms with Crippen molar-refractivity contribution in [3.05, 3.63) is 34.6 Å². The highest BCUT2D eigenvalue weighted by atomic mass is 35.5. The van der Waals surface area contributed by atoms with Gasteiger partial charge >= 0.3 is 5.97 Å². The number of carbonyl (C=O) groups excluding carboxylic acids is 1. The van der Waals surface area contributed by atoms with E-state index in [1.807, 2.05) is 13.8 Å². The third-order valence-corrected chi connectivity index (χ3v) is 3.33. The van der Waals surface area contributed by atoms with Gasteiger partial charge in [0.2, 0.25) is 0 Å². The Bertz CT molecular complexity index is 419. The van der Waals surface area contributed by atoms with Crippen molar-refractivity contribution in [1.29, 1.82) is 0 Å². The van der Waals surface area contributed by atoms with Gasteiger partial charge in [-0.25, -0.2) is 4.39 Å². The minimum atomic E-state index is -0.406. The first kappa shape index (κ1) is 15.9. The molecule has 0 amide bonds. The maximum absolute atomic E-state index is 13.2. The highest BCUT2D eigenvalue weighted by Gasteiger charge is 2.24. The van der Waals surface area contributed by atoms with E-state index >= 15 is 0 Å². The van der Waals surface area contributed by atoms with Crippen LogP contribution < -0.4 is 5.32 Å². The van der Waals surface area contributed by atoms with Crippen molar-refractivity contribution in [2.45, 2.75) is 32.9 Å². The van der Waals surface area contributed by atoms with Crippen molar-refractivity contribution in [1.82, 2.24) is 5.32 Å². The normalized spacial score (nSPS) is 13.9. The summed E-state index contributed by atoms with van der Waals surface area (Å²) < 4.78 is 18.0. The largest absolute Gasteiger partial charge is 0.468 e. The molecule has 0 aliphatic carbocycles. The molecule has 0 heterocycles. The van der Waals surface area contributed by atoms with Gasteiger partial charge in [0, 0.05) is 11.6 Å². The first-order valence-corrected chi connectivity index (χ1v) is 6.61. The van der Waals surface area contributed by atoms with Crippen LogP contribution in [-0.4, -0.2) is 19.1 Å². The highest BCUT2D eigenvalue weighted by Crippen LogP contribution is 2.15. The van der Waals surface area contributed by atoms with Crippen molar-refractivity contribution in [3.63, 3.8) is 0 Å². The summed E-state index contributed by atoms with van der Waals surface area (Å²) >= 11 is 5.79. The monoisotopic (exact) mass is 287 g/mol. The number of hydrogen-bond donors (Lipinski definition) is 1. The second-order valence-electron chi connectivity index (χ2n) is 4.54. The van der Waals surface area contributed by atoms with E-state index < -0.39 is 6.04 Å². The van der Waals surface area contributed by atoms with Crippen LogP contribution in [0.25, 0.3) is 0 Å². The van der Waals surface area contributed by atoms with Crippen molar-refractivity contribution >= 4 is 17.6 Å². The van der Waals surface area contributed by atoms with E-state index in [0.717, 1.165) is 6.42 Å². The predicted molar refractivity (Wildman–Crippen MR) is 73.5 cm³/mol. The standard InChI is InChI=1S/C14H19ClFNO2/c1-4-9(2)13(14(18)19-3)17-8-10-5-11(15)7-12(16)6-10/h5-7,9,13,17H,4,8H2,1-3H3. The van der Waals surface area contributed by atoms with Crippen molar-refractivity contribution in [2.24, 2.45) is 5.92 Å². The maximum Gasteiger partial charge on any atom is 0.323 e. The summed E-state index contributed by atoms with van der Waals surface area (Å²) in [5.41, 5.74) is 0.696. The van der Waals surface area contributed by atoms with Gasteiger partial charge in [-0.2, -0.15) is 0 Å².